The van der Waals surface area contributed by atoms with Gasteiger partial charge in [0.2, 0.25) is 0 Å². The first-order valence-electron chi connectivity index (χ1n) is 12.6. The van der Waals surface area contributed by atoms with Gasteiger partial charge < -0.3 is 0 Å². The van der Waals surface area contributed by atoms with E-state index in [9.17, 15) is 13.8 Å². The zero-order valence-corrected chi connectivity index (χ0v) is 22.3. The number of Topliss-reactive ketones (excluding diaryl/α,β-unsaturated/α-hetero) is 2. The second kappa shape index (κ2) is 13.7. The molecule has 0 N–H and O–H groups in total. The quantitative estimate of drug-likeness (QED) is 0.249. The summed E-state index contributed by atoms with van der Waals surface area (Å²) in [5.41, 5.74) is 1.42. The summed E-state index contributed by atoms with van der Waals surface area (Å²) < 4.78 is 12.4. The van der Waals surface area contributed by atoms with Crippen LogP contribution in [0, 0.1) is 10.8 Å². The highest BCUT2D eigenvalue weighted by Gasteiger charge is 2.27. The van der Waals surface area contributed by atoms with Crippen molar-refractivity contribution in [2.24, 2.45) is 10.8 Å². The van der Waals surface area contributed by atoms with E-state index in [0.717, 1.165) is 49.7 Å². The molecule has 186 valence electrons. The van der Waals surface area contributed by atoms with Crippen molar-refractivity contribution >= 4 is 22.4 Å². The summed E-state index contributed by atoms with van der Waals surface area (Å²) in [7, 11) is -0.831. The normalized spacial score (nSPS) is 12.1. The standard InChI is InChI=1S/C30H42O3S/c1-29(2,27(31)23-25-15-7-5-8-16-25)19-11-13-21-34(33)22-14-12-20-30(3,4)28(32)24-26-17-9-6-10-18-26/h5-10,15-18H,11-14,19-24H2,1-4H3. The number of unbranched alkanes of at least 4 members (excludes halogenated alkanes) is 2. The van der Waals surface area contributed by atoms with Crippen LogP contribution in [0.15, 0.2) is 60.7 Å². The Hall–Kier alpha value is -2.07. The summed E-state index contributed by atoms with van der Waals surface area (Å²) in [5.74, 6) is 1.92. The first kappa shape index (κ1) is 28.2. The van der Waals surface area contributed by atoms with E-state index in [1.54, 1.807) is 0 Å². The molecule has 0 aliphatic rings. The summed E-state index contributed by atoms with van der Waals surface area (Å²) >= 11 is 0. The van der Waals surface area contributed by atoms with Crippen LogP contribution in [0.3, 0.4) is 0 Å². The fraction of sp³-hybridized carbons (Fsp3) is 0.533. The fourth-order valence-electron chi connectivity index (χ4n) is 4.08. The van der Waals surface area contributed by atoms with Crippen molar-refractivity contribution in [3.8, 4) is 0 Å². The van der Waals surface area contributed by atoms with Gasteiger partial charge in [0.25, 0.3) is 0 Å². The Morgan fingerprint density at radius 3 is 1.32 bits per heavy atom. The average Bonchev–Trinajstić information content (AvgIpc) is 2.81. The van der Waals surface area contributed by atoms with E-state index in [-0.39, 0.29) is 22.4 Å². The molecule has 0 amide bonds. The molecule has 2 aromatic rings. The third kappa shape index (κ3) is 10.0. The van der Waals surface area contributed by atoms with Gasteiger partial charge in [-0.3, -0.25) is 13.8 Å². The molecule has 0 aromatic heterocycles. The van der Waals surface area contributed by atoms with Crippen LogP contribution in [0.5, 0.6) is 0 Å². The molecule has 0 saturated carbocycles. The third-order valence-electron chi connectivity index (χ3n) is 6.77. The Morgan fingerprint density at radius 2 is 0.971 bits per heavy atom. The van der Waals surface area contributed by atoms with Gasteiger partial charge in [0.1, 0.15) is 11.6 Å². The highest BCUT2D eigenvalue weighted by Crippen LogP contribution is 2.27. The predicted octanol–water partition coefficient (Wildman–Crippen LogP) is 6.75. The summed E-state index contributed by atoms with van der Waals surface area (Å²) in [5, 5.41) is 0. The molecule has 0 aliphatic heterocycles. The molecule has 4 heteroatoms. The molecule has 0 fully saturated rings. The average molecular weight is 483 g/mol. The molecule has 0 aliphatic carbocycles. The number of carbonyl (C=O) groups excluding carboxylic acids is 2. The largest absolute Gasteiger partial charge is 0.299 e. The lowest BCUT2D eigenvalue weighted by Gasteiger charge is -2.23. The molecule has 0 atom stereocenters. The minimum atomic E-state index is -0.831. The van der Waals surface area contributed by atoms with Gasteiger partial charge in [0, 0.05) is 46.0 Å². The second-order valence-electron chi connectivity index (χ2n) is 10.7. The molecule has 0 unspecified atom stereocenters. The van der Waals surface area contributed by atoms with Crippen LogP contribution in [-0.2, 0) is 33.2 Å². The zero-order chi connectivity index (χ0) is 25.0. The monoisotopic (exact) mass is 482 g/mol. The van der Waals surface area contributed by atoms with Gasteiger partial charge in [0.05, 0.1) is 0 Å². The maximum atomic E-state index is 12.7. The molecular formula is C30H42O3S. The van der Waals surface area contributed by atoms with Gasteiger partial charge in [-0.2, -0.15) is 0 Å². The van der Waals surface area contributed by atoms with Crippen molar-refractivity contribution in [1.82, 2.24) is 0 Å². The van der Waals surface area contributed by atoms with E-state index in [2.05, 4.69) is 0 Å². The predicted molar refractivity (Wildman–Crippen MR) is 143 cm³/mol. The van der Waals surface area contributed by atoms with E-state index in [1.165, 1.54) is 0 Å². The lowest BCUT2D eigenvalue weighted by Crippen LogP contribution is -2.26. The molecule has 0 radical (unpaired) electrons. The number of hydrogen-bond acceptors (Lipinski definition) is 3. The van der Waals surface area contributed by atoms with Crippen molar-refractivity contribution in [3.63, 3.8) is 0 Å². The molecule has 0 saturated heterocycles. The second-order valence-corrected chi connectivity index (χ2v) is 12.4. The minimum absolute atomic E-state index is 0.268. The number of carbonyl (C=O) groups is 2. The van der Waals surface area contributed by atoms with Crippen LogP contribution in [-0.4, -0.2) is 27.3 Å². The van der Waals surface area contributed by atoms with Crippen molar-refractivity contribution in [2.45, 2.75) is 79.1 Å². The lowest BCUT2D eigenvalue weighted by atomic mass is 9.80. The third-order valence-corrected chi connectivity index (χ3v) is 8.26. The van der Waals surface area contributed by atoms with Gasteiger partial charge in [-0.05, 0) is 36.8 Å². The first-order valence-corrected chi connectivity index (χ1v) is 14.1. The molecule has 34 heavy (non-hydrogen) atoms. The smallest absolute Gasteiger partial charge is 0.142 e. The van der Waals surface area contributed by atoms with Crippen molar-refractivity contribution < 1.29 is 13.8 Å². The van der Waals surface area contributed by atoms with Crippen molar-refractivity contribution in [1.29, 1.82) is 0 Å². The van der Waals surface area contributed by atoms with Crippen LogP contribution >= 0.6 is 0 Å². The molecule has 2 aromatic carbocycles. The van der Waals surface area contributed by atoms with Gasteiger partial charge in [-0.25, -0.2) is 0 Å². The van der Waals surface area contributed by atoms with E-state index in [0.29, 0.717) is 24.3 Å². The molecular weight excluding hydrogens is 440 g/mol. The summed E-state index contributed by atoms with van der Waals surface area (Å²) in [4.78, 5) is 25.4. The Bertz CT molecular complexity index is 841. The Balaban J connectivity index is 1.60. The van der Waals surface area contributed by atoms with Gasteiger partial charge in [-0.15, -0.1) is 0 Å². The number of ketones is 2. The van der Waals surface area contributed by atoms with Crippen molar-refractivity contribution in [2.75, 3.05) is 11.5 Å². The summed E-state index contributed by atoms with van der Waals surface area (Å²) in [6, 6.07) is 19.8. The van der Waals surface area contributed by atoms with Crippen LogP contribution < -0.4 is 0 Å². The van der Waals surface area contributed by atoms with E-state index in [1.807, 2.05) is 88.4 Å². The highest BCUT2D eigenvalue weighted by atomic mass is 32.2. The summed E-state index contributed by atoms with van der Waals surface area (Å²) in [6.45, 7) is 8.10. The van der Waals surface area contributed by atoms with Gasteiger partial charge in [0.15, 0.2) is 0 Å². The molecule has 0 heterocycles. The fourth-order valence-corrected chi connectivity index (χ4v) is 5.34. The SMILES string of the molecule is CC(C)(CCCCS(=O)CCCCC(C)(C)C(=O)Cc1ccccc1)C(=O)Cc1ccccc1. The Morgan fingerprint density at radius 1 is 0.618 bits per heavy atom. The first-order chi connectivity index (χ1) is 16.1. The maximum Gasteiger partial charge on any atom is 0.142 e. The van der Waals surface area contributed by atoms with E-state index >= 15 is 0 Å². The van der Waals surface area contributed by atoms with Crippen LogP contribution in [0.4, 0.5) is 0 Å². The highest BCUT2D eigenvalue weighted by molar-refractivity contribution is 7.84. The van der Waals surface area contributed by atoms with Gasteiger partial charge in [-0.1, -0.05) is 101 Å². The maximum absolute atomic E-state index is 12.7. The van der Waals surface area contributed by atoms with Crippen LogP contribution in [0.1, 0.15) is 77.3 Å². The molecule has 0 spiro atoms. The topological polar surface area (TPSA) is 51.2 Å². The number of rotatable bonds is 16. The van der Waals surface area contributed by atoms with E-state index in [4.69, 9.17) is 0 Å². The van der Waals surface area contributed by atoms with E-state index < -0.39 is 10.8 Å². The number of hydrogen-bond donors (Lipinski definition) is 0. The Kier molecular flexibility index (Phi) is 11.4. The van der Waals surface area contributed by atoms with Crippen molar-refractivity contribution in [3.05, 3.63) is 71.8 Å². The molecule has 0 bridgehead atoms. The Labute approximate surface area is 209 Å². The minimum Gasteiger partial charge on any atom is -0.299 e. The van der Waals surface area contributed by atoms with Crippen LogP contribution in [0.2, 0.25) is 0 Å². The number of benzene rings is 2. The zero-order valence-electron chi connectivity index (χ0n) is 21.5. The lowest BCUT2D eigenvalue weighted by molar-refractivity contribution is -0.127. The molecule has 3 nitrogen and oxygen atoms in total. The summed E-state index contributed by atoms with van der Waals surface area (Å²) in [6.07, 6.45) is 6.21. The molecule has 2 rings (SSSR count). The van der Waals surface area contributed by atoms with Gasteiger partial charge >= 0.3 is 0 Å². The van der Waals surface area contributed by atoms with Crippen LogP contribution in [0.25, 0.3) is 0 Å².